The highest BCUT2D eigenvalue weighted by molar-refractivity contribution is 5.79. The standard InChI is InChI=1S/C18H32N2O/c1-2-20(13-17-8-5-11-19-17)18(21)16-10-9-14-6-3-4-7-15(14)12-16/h14-17,19H,2-13H2,1H3. The zero-order valence-corrected chi connectivity index (χ0v) is 13.7. The Morgan fingerprint density at radius 3 is 2.57 bits per heavy atom. The van der Waals surface area contributed by atoms with Crippen LogP contribution in [0.15, 0.2) is 0 Å². The van der Waals surface area contributed by atoms with Gasteiger partial charge in [-0.1, -0.05) is 25.7 Å². The topological polar surface area (TPSA) is 32.3 Å². The second-order valence-corrected chi connectivity index (χ2v) is 7.48. The summed E-state index contributed by atoms with van der Waals surface area (Å²) < 4.78 is 0. The monoisotopic (exact) mass is 292 g/mol. The molecule has 3 rings (SSSR count). The lowest BCUT2D eigenvalue weighted by atomic mass is 9.67. The summed E-state index contributed by atoms with van der Waals surface area (Å²) in [5.74, 6) is 2.57. The molecule has 1 heterocycles. The van der Waals surface area contributed by atoms with Crippen molar-refractivity contribution in [2.75, 3.05) is 19.6 Å². The van der Waals surface area contributed by atoms with Crippen LogP contribution in [0.25, 0.3) is 0 Å². The molecule has 0 spiro atoms. The second-order valence-electron chi connectivity index (χ2n) is 7.48. The molecule has 21 heavy (non-hydrogen) atoms. The van der Waals surface area contributed by atoms with Gasteiger partial charge in [0.1, 0.15) is 0 Å². The summed E-state index contributed by atoms with van der Waals surface area (Å²) >= 11 is 0. The van der Waals surface area contributed by atoms with Crippen LogP contribution >= 0.6 is 0 Å². The van der Waals surface area contributed by atoms with Gasteiger partial charge in [0.15, 0.2) is 0 Å². The van der Waals surface area contributed by atoms with Gasteiger partial charge in [-0.2, -0.15) is 0 Å². The number of fused-ring (bicyclic) bond motifs is 1. The normalized spacial score (nSPS) is 36.2. The summed E-state index contributed by atoms with van der Waals surface area (Å²) in [6, 6.07) is 0.542. The van der Waals surface area contributed by atoms with Gasteiger partial charge in [-0.05, 0) is 57.4 Å². The van der Waals surface area contributed by atoms with Gasteiger partial charge in [-0.15, -0.1) is 0 Å². The summed E-state index contributed by atoms with van der Waals surface area (Å²) in [5, 5.41) is 3.53. The Morgan fingerprint density at radius 1 is 1.05 bits per heavy atom. The molecule has 2 aliphatic carbocycles. The van der Waals surface area contributed by atoms with Crippen molar-refractivity contribution in [2.45, 2.75) is 70.8 Å². The first-order chi connectivity index (χ1) is 10.3. The highest BCUT2D eigenvalue weighted by Gasteiger charge is 2.36. The largest absolute Gasteiger partial charge is 0.341 e. The summed E-state index contributed by atoms with van der Waals surface area (Å²) in [6.07, 6.45) is 11.8. The zero-order chi connectivity index (χ0) is 14.7. The molecule has 0 radical (unpaired) electrons. The molecular weight excluding hydrogens is 260 g/mol. The van der Waals surface area contributed by atoms with Crippen LogP contribution in [0.5, 0.6) is 0 Å². The number of nitrogens with one attached hydrogen (secondary N) is 1. The molecular formula is C18H32N2O. The highest BCUT2D eigenvalue weighted by atomic mass is 16.2. The van der Waals surface area contributed by atoms with E-state index in [0.29, 0.717) is 17.9 Å². The Balaban J connectivity index is 1.55. The van der Waals surface area contributed by atoms with Gasteiger partial charge >= 0.3 is 0 Å². The maximum atomic E-state index is 12.9. The fraction of sp³-hybridized carbons (Fsp3) is 0.944. The van der Waals surface area contributed by atoms with Crippen molar-refractivity contribution in [3.63, 3.8) is 0 Å². The Kier molecular flexibility index (Phi) is 5.20. The number of amides is 1. The average molecular weight is 292 g/mol. The smallest absolute Gasteiger partial charge is 0.225 e. The van der Waals surface area contributed by atoms with Crippen molar-refractivity contribution in [2.24, 2.45) is 17.8 Å². The van der Waals surface area contributed by atoms with E-state index in [1.54, 1.807) is 0 Å². The van der Waals surface area contributed by atoms with Gasteiger partial charge in [0.2, 0.25) is 5.91 Å². The Hall–Kier alpha value is -0.570. The van der Waals surface area contributed by atoms with E-state index in [1.807, 2.05) is 0 Å². The molecule has 0 aromatic rings. The molecule has 0 aromatic heterocycles. The maximum absolute atomic E-state index is 12.9. The van der Waals surface area contributed by atoms with Gasteiger partial charge in [0.25, 0.3) is 0 Å². The van der Waals surface area contributed by atoms with Crippen LogP contribution in [0.3, 0.4) is 0 Å². The van der Waals surface area contributed by atoms with Gasteiger partial charge in [-0.3, -0.25) is 4.79 Å². The van der Waals surface area contributed by atoms with Crippen molar-refractivity contribution in [1.29, 1.82) is 0 Å². The summed E-state index contributed by atoms with van der Waals surface area (Å²) in [4.78, 5) is 15.0. The van der Waals surface area contributed by atoms with Crippen molar-refractivity contribution in [3.05, 3.63) is 0 Å². The van der Waals surface area contributed by atoms with Gasteiger partial charge in [0.05, 0.1) is 0 Å². The molecule has 3 aliphatic rings. The van der Waals surface area contributed by atoms with E-state index in [1.165, 1.54) is 51.4 Å². The molecule has 3 heteroatoms. The lowest BCUT2D eigenvalue weighted by Crippen LogP contribution is -2.45. The van der Waals surface area contributed by atoms with E-state index < -0.39 is 0 Å². The Bertz CT molecular complexity index is 351. The number of likely N-dealkylation sites (N-methyl/N-ethyl adjacent to an activating group) is 1. The number of carbonyl (C=O) groups is 1. The van der Waals surface area contributed by atoms with E-state index in [9.17, 15) is 4.79 Å². The van der Waals surface area contributed by atoms with Crippen molar-refractivity contribution in [1.82, 2.24) is 10.2 Å². The first-order valence-electron chi connectivity index (χ1n) is 9.30. The number of carbonyl (C=O) groups excluding carboxylic acids is 1. The van der Waals surface area contributed by atoms with Gasteiger partial charge in [0, 0.05) is 25.0 Å². The molecule has 1 saturated heterocycles. The lowest BCUT2D eigenvalue weighted by Gasteiger charge is -2.40. The predicted molar refractivity (Wildman–Crippen MR) is 86.1 cm³/mol. The fourth-order valence-electron chi connectivity index (χ4n) is 4.91. The summed E-state index contributed by atoms with van der Waals surface area (Å²) in [5.41, 5.74) is 0. The number of hydrogen-bond donors (Lipinski definition) is 1. The highest BCUT2D eigenvalue weighted by Crippen LogP contribution is 2.43. The molecule has 1 aliphatic heterocycles. The molecule has 1 amide bonds. The molecule has 0 aromatic carbocycles. The molecule has 3 nitrogen and oxygen atoms in total. The lowest BCUT2D eigenvalue weighted by molar-refractivity contribution is -0.138. The number of hydrogen-bond acceptors (Lipinski definition) is 2. The van der Waals surface area contributed by atoms with Crippen LogP contribution in [0.2, 0.25) is 0 Å². The predicted octanol–water partition coefficient (Wildman–Crippen LogP) is 3.19. The molecule has 0 bridgehead atoms. The third-order valence-corrected chi connectivity index (χ3v) is 6.19. The van der Waals surface area contributed by atoms with Gasteiger partial charge in [-0.25, -0.2) is 0 Å². The summed E-state index contributed by atoms with van der Waals surface area (Å²) in [6.45, 7) is 5.07. The fourth-order valence-corrected chi connectivity index (χ4v) is 4.91. The van der Waals surface area contributed by atoms with Crippen LogP contribution in [0.1, 0.15) is 64.7 Å². The average Bonchev–Trinajstić information content (AvgIpc) is 3.04. The SMILES string of the molecule is CCN(CC1CCCN1)C(=O)C1CCC2CCCCC2C1. The molecule has 120 valence electrons. The minimum atomic E-state index is 0.325. The van der Waals surface area contributed by atoms with E-state index in [4.69, 9.17) is 0 Å². The molecule has 1 N–H and O–H groups in total. The first kappa shape index (κ1) is 15.3. The van der Waals surface area contributed by atoms with Crippen LogP contribution in [-0.4, -0.2) is 36.5 Å². The number of nitrogens with zero attached hydrogens (tertiary/aromatic N) is 1. The third-order valence-electron chi connectivity index (χ3n) is 6.19. The maximum Gasteiger partial charge on any atom is 0.225 e. The minimum Gasteiger partial charge on any atom is -0.341 e. The molecule has 3 fully saturated rings. The van der Waals surface area contributed by atoms with Crippen molar-refractivity contribution >= 4 is 5.91 Å². The van der Waals surface area contributed by atoms with Crippen LogP contribution in [0.4, 0.5) is 0 Å². The van der Waals surface area contributed by atoms with Gasteiger partial charge < -0.3 is 10.2 Å². The summed E-state index contributed by atoms with van der Waals surface area (Å²) in [7, 11) is 0. The Morgan fingerprint density at radius 2 is 1.86 bits per heavy atom. The van der Waals surface area contributed by atoms with E-state index in [2.05, 4.69) is 17.1 Å². The molecule has 4 atom stereocenters. The van der Waals surface area contributed by atoms with E-state index >= 15 is 0 Å². The van der Waals surface area contributed by atoms with Crippen LogP contribution in [0, 0.1) is 17.8 Å². The Labute approximate surface area is 129 Å². The minimum absolute atomic E-state index is 0.325. The molecule has 2 saturated carbocycles. The molecule has 4 unspecified atom stereocenters. The van der Waals surface area contributed by atoms with Crippen molar-refractivity contribution in [3.8, 4) is 0 Å². The van der Waals surface area contributed by atoms with Crippen LogP contribution < -0.4 is 5.32 Å². The quantitative estimate of drug-likeness (QED) is 0.863. The van der Waals surface area contributed by atoms with Crippen LogP contribution in [-0.2, 0) is 4.79 Å². The third kappa shape index (κ3) is 3.61. The number of rotatable bonds is 4. The van der Waals surface area contributed by atoms with E-state index in [0.717, 1.165) is 37.9 Å². The van der Waals surface area contributed by atoms with Crippen molar-refractivity contribution < 1.29 is 4.79 Å². The second kappa shape index (κ2) is 7.13. The van der Waals surface area contributed by atoms with E-state index in [-0.39, 0.29) is 0 Å². The zero-order valence-electron chi connectivity index (χ0n) is 13.7. The first-order valence-corrected chi connectivity index (χ1v) is 9.30.